The van der Waals surface area contributed by atoms with Crippen LogP contribution in [0.25, 0.3) is 10.4 Å². The van der Waals surface area contributed by atoms with Gasteiger partial charge in [-0.05, 0) is 56.2 Å². The van der Waals surface area contributed by atoms with Crippen LogP contribution >= 0.6 is 11.3 Å². The Bertz CT molecular complexity index is 1070. The summed E-state index contributed by atoms with van der Waals surface area (Å²) in [6.45, 7) is 14.5. The van der Waals surface area contributed by atoms with Crippen LogP contribution in [0.5, 0.6) is 0 Å². The molecule has 2 heterocycles. The molecule has 0 aliphatic carbocycles. The number of allylic oxidation sites excluding steroid dienone is 2. The third kappa shape index (κ3) is 6.20. The summed E-state index contributed by atoms with van der Waals surface area (Å²) in [5, 5.41) is 3.15. The number of likely N-dealkylation sites (tertiary alicyclic amines) is 1. The summed E-state index contributed by atoms with van der Waals surface area (Å²) in [5.41, 5.74) is 6.03. The predicted octanol–water partition coefficient (Wildman–Crippen LogP) is 5.33. The Balaban J connectivity index is 1.69. The molecule has 0 radical (unpaired) electrons. The number of thiazole rings is 1. The number of aryl methyl sites for hydroxylation is 1. The molecule has 1 N–H and O–H groups in total. The van der Waals surface area contributed by atoms with Gasteiger partial charge in [0, 0.05) is 19.8 Å². The van der Waals surface area contributed by atoms with E-state index in [0.29, 0.717) is 13.0 Å². The van der Waals surface area contributed by atoms with Gasteiger partial charge in [-0.3, -0.25) is 9.59 Å². The lowest BCUT2D eigenvalue weighted by molar-refractivity contribution is -0.143. The number of benzene rings is 1. The molecule has 0 saturated carbocycles. The number of nitrogens with one attached hydrogen (secondary N) is 1. The average Bonchev–Trinajstić information content (AvgIpc) is 3.48. The molecule has 1 unspecified atom stereocenters. The quantitative estimate of drug-likeness (QED) is 0.479. The van der Waals surface area contributed by atoms with E-state index in [4.69, 9.17) is 0 Å². The maximum atomic E-state index is 13.6. The zero-order valence-electron chi connectivity index (χ0n) is 21.7. The number of hydrogen-bond acceptors (Lipinski definition) is 5. The molecule has 6 nitrogen and oxygen atoms in total. The Labute approximate surface area is 213 Å². The van der Waals surface area contributed by atoms with Crippen molar-refractivity contribution >= 4 is 23.2 Å². The fourth-order valence-electron chi connectivity index (χ4n) is 4.75. The molecule has 7 heteroatoms. The third-order valence-electron chi connectivity index (χ3n) is 6.67. The van der Waals surface area contributed by atoms with Gasteiger partial charge in [-0.2, -0.15) is 0 Å². The van der Waals surface area contributed by atoms with Gasteiger partial charge in [0.25, 0.3) is 0 Å². The Hall–Kier alpha value is -2.93. The van der Waals surface area contributed by atoms with Crippen molar-refractivity contribution in [3.8, 4) is 10.4 Å². The van der Waals surface area contributed by atoms with Crippen molar-refractivity contribution in [2.45, 2.75) is 65.6 Å². The first-order valence-corrected chi connectivity index (χ1v) is 13.2. The van der Waals surface area contributed by atoms with Crippen molar-refractivity contribution in [2.24, 2.45) is 5.92 Å². The molecule has 1 aromatic heterocycles. The number of likely N-dealkylation sites (N-methyl/N-ethyl adjacent to an activating group) is 1. The van der Waals surface area contributed by atoms with E-state index in [1.54, 1.807) is 22.3 Å². The summed E-state index contributed by atoms with van der Waals surface area (Å²) >= 11 is 1.63. The van der Waals surface area contributed by atoms with Gasteiger partial charge in [0.15, 0.2) is 0 Å². The molecule has 1 fully saturated rings. The van der Waals surface area contributed by atoms with E-state index in [1.165, 1.54) is 0 Å². The minimum absolute atomic E-state index is 0.00481. The summed E-state index contributed by atoms with van der Waals surface area (Å²) in [5.74, 6) is 0.0178. The van der Waals surface area contributed by atoms with Gasteiger partial charge < -0.3 is 15.1 Å². The lowest BCUT2D eigenvalue weighted by Crippen LogP contribution is -2.53. The molecule has 2 amide bonds. The predicted molar refractivity (Wildman–Crippen MR) is 144 cm³/mol. The van der Waals surface area contributed by atoms with Crippen LogP contribution in [0.2, 0.25) is 0 Å². The summed E-state index contributed by atoms with van der Waals surface area (Å²) < 4.78 is 0. The first kappa shape index (κ1) is 26.7. The fourth-order valence-corrected chi connectivity index (χ4v) is 5.56. The number of amides is 2. The zero-order chi connectivity index (χ0) is 25.7. The first-order valence-electron chi connectivity index (χ1n) is 12.3. The van der Waals surface area contributed by atoms with Gasteiger partial charge in [0.1, 0.15) is 12.1 Å². The van der Waals surface area contributed by atoms with Gasteiger partial charge >= 0.3 is 0 Å². The second-order valence-corrected chi connectivity index (χ2v) is 10.6. The molecule has 1 aliphatic rings. The van der Waals surface area contributed by atoms with Crippen LogP contribution in [-0.2, 0) is 9.59 Å². The highest BCUT2D eigenvalue weighted by atomic mass is 32.1. The van der Waals surface area contributed by atoms with E-state index in [9.17, 15) is 9.59 Å². The smallest absolute Gasteiger partial charge is 0.246 e. The van der Waals surface area contributed by atoms with Crippen LogP contribution in [-0.4, -0.2) is 52.3 Å². The molecule has 3 atom stereocenters. The first-order chi connectivity index (χ1) is 16.6. The number of carbonyl (C=O) groups excluding carboxylic acids is 2. The molecule has 1 aromatic carbocycles. The van der Waals surface area contributed by atoms with Crippen LogP contribution in [0.4, 0.5) is 0 Å². The largest absolute Gasteiger partial charge is 0.368 e. The Morgan fingerprint density at radius 2 is 1.94 bits per heavy atom. The lowest BCUT2D eigenvalue weighted by Gasteiger charge is -2.35. The van der Waals surface area contributed by atoms with Gasteiger partial charge in [-0.25, -0.2) is 4.98 Å². The summed E-state index contributed by atoms with van der Waals surface area (Å²) in [6, 6.07) is 7.32. The Morgan fingerprint density at radius 3 is 2.51 bits per heavy atom. The molecule has 0 bridgehead atoms. The number of nitrogens with zero attached hydrogens (tertiary/aromatic N) is 3. The zero-order valence-corrected chi connectivity index (χ0v) is 22.6. The molecule has 1 saturated heterocycles. The standard InChI is InChI=1S/C28H38N4O2S/c1-8-19(4)16-31(7)25(18(2)3)28(34)32-15-9-10-24(32)27(33)30-20(5)22-11-13-23(14-12-22)26-21(6)29-17-35-26/h8,11-14,16-18,20,24-25H,1,9-10,15H2,2-7H3,(H,30,33)/b19-16-/t20-,24-,25?/m0/s1. The number of rotatable bonds is 9. The minimum Gasteiger partial charge on any atom is -0.368 e. The molecule has 2 aromatic rings. The molecular weight excluding hydrogens is 456 g/mol. The van der Waals surface area contributed by atoms with Crippen LogP contribution in [0.15, 0.2) is 54.2 Å². The third-order valence-corrected chi connectivity index (χ3v) is 7.65. The lowest BCUT2D eigenvalue weighted by atomic mass is 10.0. The summed E-state index contributed by atoms with van der Waals surface area (Å²) in [7, 11) is 1.92. The topological polar surface area (TPSA) is 65.5 Å². The van der Waals surface area contributed by atoms with E-state index >= 15 is 0 Å². The molecule has 1 aliphatic heterocycles. The number of hydrogen-bond donors (Lipinski definition) is 1. The molecular formula is C28H38N4O2S. The van der Waals surface area contributed by atoms with Crippen molar-refractivity contribution < 1.29 is 9.59 Å². The van der Waals surface area contributed by atoms with E-state index in [0.717, 1.165) is 33.7 Å². The highest BCUT2D eigenvalue weighted by Crippen LogP contribution is 2.29. The van der Waals surface area contributed by atoms with Crippen LogP contribution in [0, 0.1) is 12.8 Å². The fraction of sp³-hybridized carbons (Fsp3) is 0.464. The molecule has 35 heavy (non-hydrogen) atoms. The van der Waals surface area contributed by atoms with Crippen LogP contribution in [0.3, 0.4) is 0 Å². The van der Waals surface area contributed by atoms with Crippen molar-refractivity contribution in [3.05, 3.63) is 65.5 Å². The molecule has 188 valence electrons. The van der Waals surface area contributed by atoms with Gasteiger partial charge in [-0.15, -0.1) is 11.3 Å². The van der Waals surface area contributed by atoms with Gasteiger partial charge in [0.2, 0.25) is 11.8 Å². The second-order valence-electron chi connectivity index (χ2n) is 9.74. The SMILES string of the molecule is C=C/C(C)=C\N(C)C(C(=O)N1CCC[C@H]1C(=O)N[C@@H](C)c1ccc(-c2scnc2C)cc1)C(C)C. The Kier molecular flexibility index (Phi) is 8.89. The maximum Gasteiger partial charge on any atom is 0.246 e. The second kappa shape index (κ2) is 11.7. The van der Waals surface area contributed by atoms with E-state index in [1.807, 2.05) is 58.3 Å². The Morgan fingerprint density at radius 1 is 1.26 bits per heavy atom. The van der Waals surface area contributed by atoms with Crippen molar-refractivity contribution in [2.75, 3.05) is 13.6 Å². The number of aromatic nitrogens is 1. The van der Waals surface area contributed by atoms with E-state index in [-0.39, 0.29) is 29.8 Å². The summed E-state index contributed by atoms with van der Waals surface area (Å²) in [6.07, 6.45) is 5.23. The van der Waals surface area contributed by atoms with Crippen molar-refractivity contribution in [3.63, 3.8) is 0 Å². The van der Waals surface area contributed by atoms with Crippen molar-refractivity contribution in [1.29, 1.82) is 0 Å². The van der Waals surface area contributed by atoms with Gasteiger partial charge in [-0.1, -0.05) is 50.8 Å². The monoisotopic (exact) mass is 494 g/mol. The number of carbonyl (C=O) groups is 2. The van der Waals surface area contributed by atoms with E-state index in [2.05, 4.69) is 41.1 Å². The highest BCUT2D eigenvalue weighted by molar-refractivity contribution is 7.13. The minimum atomic E-state index is -0.441. The molecule has 0 spiro atoms. The van der Waals surface area contributed by atoms with E-state index < -0.39 is 6.04 Å². The highest BCUT2D eigenvalue weighted by Gasteiger charge is 2.39. The summed E-state index contributed by atoms with van der Waals surface area (Å²) in [4.78, 5) is 36.1. The maximum absolute atomic E-state index is 13.6. The normalized spacial score (nSPS) is 17.9. The van der Waals surface area contributed by atoms with Crippen LogP contribution < -0.4 is 5.32 Å². The van der Waals surface area contributed by atoms with Crippen molar-refractivity contribution in [1.82, 2.24) is 20.1 Å². The van der Waals surface area contributed by atoms with Gasteiger partial charge in [0.05, 0.1) is 22.1 Å². The average molecular weight is 495 g/mol. The molecule has 3 rings (SSSR count). The van der Waals surface area contributed by atoms with Crippen LogP contribution in [0.1, 0.15) is 57.8 Å².